The van der Waals surface area contributed by atoms with E-state index in [0.29, 0.717) is 18.2 Å². The maximum Gasteiger partial charge on any atom is 0.263 e. The lowest BCUT2D eigenvalue weighted by molar-refractivity contribution is -0.139. The second-order valence-corrected chi connectivity index (χ2v) is 6.05. The summed E-state index contributed by atoms with van der Waals surface area (Å²) in [5.74, 6) is 0.930. The number of likely N-dealkylation sites (tertiary alicyclic amines) is 1. The van der Waals surface area contributed by atoms with E-state index in [0.717, 1.165) is 30.8 Å². The van der Waals surface area contributed by atoms with Crippen molar-refractivity contribution in [1.29, 1.82) is 0 Å². The second kappa shape index (κ2) is 6.81. The number of H-pyrrole nitrogens is 1. The largest absolute Gasteiger partial charge is 0.479 e. The Hall–Kier alpha value is -2.37. The Bertz CT molecular complexity index is 656. The van der Waals surface area contributed by atoms with Crippen molar-refractivity contribution in [2.75, 3.05) is 13.1 Å². The molecule has 2 aromatic heterocycles. The fourth-order valence-corrected chi connectivity index (χ4v) is 3.00. The second-order valence-electron chi connectivity index (χ2n) is 6.05. The van der Waals surface area contributed by atoms with Gasteiger partial charge in [-0.25, -0.2) is 0 Å². The van der Waals surface area contributed by atoms with E-state index >= 15 is 0 Å². The minimum Gasteiger partial charge on any atom is -0.479 e. The lowest BCUT2D eigenvalue weighted by atomic mass is 9.94. The van der Waals surface area contributed by atoms with Gasteiger partial charge in [0.15, 0.2) is 6.10 Å². The van der Waals surface area contributed by atoms with Crippen LogP contribution in [0.5, 0.6) is 5.75 Å². The number of nitrogens with one attached hydrogen (secondary N) is 1. The molecule has 2 atom stereocenters. The maximum atomic E-state index is 12.6. The van der Waals surface area contributed by atoms with Crippen LogP contribution < -0.4 is 4.74 Å². The number of ether oxygens (including phenoxy) is 1. The lowest BCUT2D eigenvalue weighted by Gasteiger charge is -2.33. The molecule has 1 N–H and O–H groups in total. The lowest BCUT2D eigenvalue weighted by Crippen LogP contribution is -2.45. The molecule has 6 nitrogen and oxygen atoms in total. The van der Waals surface area contributed by atoms with E-state index in [1.165, 1.54) is 0 Å². The average Bonchev–Trinajstić information content (AvgIpc) is 3.02. The summed E-state index contributed by atoms with van der Waals surface area (Å²) in [6.07, 6.45) is 4.84. The van der Waals surface area contributed by atoms with Gasteiger partial charge in [-0.1, -0.05) is 0 Å². The topological polar surface area (TPSA) is 71.1 Å². The Morgan fingerprint density at radius 1 is 1.52 bits per heavy atom. The molecule has 1 aliphatic heterocycles. The van der Waals surface area contributed by atoms with E-state index in [2.05, 4.69) is 21.2 Å². The van der Waals surface area contributed by atoms with Crippen LogP contribution in [-0.4, -0.2) is 45.2 Å². The first kappa shape index (κ1) is 15.5. The summed E-state index contributed by atoms with van der Waals surface area (Å²) in [5.41, 5.74) is 2.09. The van der Waals surface area contributed by atoms with Crippen molar-refractivity contribution in [3.63, 3.8) is 0 Å². The highest BCUT2D eigenvalue weighted by Gasteiger charge is 2.29. The van der Waals surface area contributed by atoms with Crippen LogP contribution >= 0.6 is 0 Å². The molecule has 0 aromatic carbocycles. The Labute approximate surface area is 135 Å². The highest BCUT2D eigenvalue weighted by atomic mass is 16.5. The molecule has 0 bridgehead atoms. The van der Waals surface area contributed by atoms with Gasteiger partial charge in [0.2, 0.25) is 0 Å². The van der Waals surface area contributed by atoms with Crippen molar-refractivity contribution in [1.82, 2.24) is 20.1 Å². The van der Waals surface area contributed by atoms with Crippen LogP contribution in [0.2, 0.25) is 0 Å². The fraction of sp³-hybridized carbons (Fsp3) is 0.471. The molecule has 0 spiro atoms. The fourth-order valence-electron chi connectivity index (χ4n) is 3.00. The molecule has 23 heavy (non-hydrogen) atoms. The average molecular weight is 314 g/mol. The van der Waals surface area contributed by atoms with E-state index in [1.54, 1.807) is 25.4 Å². The van der Waals surface area contributed by atoms with Crippen LogP contribution in [0.3, 0.4) is 0 Å². The Morgan fingerprint density at radius 2 is 2.39 bits per heavy atom. The standard InChI is InChI=1S/C17H22N4O2/c1-12-9-16(20-19-12)14-5-4-8-21(11-14)17(22)13(2)23-15-6-3-7-18-10-15/h3,6-7,9-10,13-14H,4-5,8,11H2,1-2H3,(H,19,20)/t13-,14-/m1/s1. The molecule has 1 amide bonds. The predicted octanol–water partition coefficient (Wildman–Crippen LogP) is 2.29. The van der Waals surface area contributed by atoms with Gasteiger partial charge < -0.3 is 9.64 Å². The zero-order chi connectivity index (χ0) is 16.2. The molecule has 122 valence electrons. The Morgan fingerprint density at radius 3 is 3.09 bits per heavy atom. The van der Waals surface area contributed by atoms with Crippen molar-refractivity contribution in [2.45, 2.75) is 38.7 Å². The van der Waals surface area contributed by atoms with Crippen molar-refractivity contribution in [2.24, 2.45) is 0 Å². The van der Waals surface area contributed by atoms with Crippen LogP contribution in [0, 0.1) is 6.92 Å². The molecule has 1 aliphatic rings. The van der Waals surface area contributed by atoms with Gasteiger partial charge in [0, 0.05) is 30.9 Å². The zero-order valence-corrected chi connectivity index (χ0v) is 13.5. The molecule has 1 fully saturated rings. The Kier molecular flexibility index (Phi) is 4.60. The number of piperidine rings is 1. The van der Waals surface area contributed by atoms with Crippen molar-refractivity contribution >= 4 is 5.91 Å². The molecule has 0 radical (unpaired) electrons. The van der Waals surface area contributed by atoms with Gasteiger partial charge in [-0.3, -0.25) is 14.9 Å². The first-order valence-corrected chi connectivity index (χ1v) is 8.01. The van der Waals surface area contributed by atoms with Gasteiger partial charge in [0.25, 0.3) is 5.91 Å². The molecule has 0 aliphatic carbocycles. The van der Waals surface area contributed by atoms with Gasteiger partial charge in [0.05, 0.1) is 11.9 Å². The molecule has 2 aromatic rings. The summed E-state index contributed by atoms with van der Waals surface area (Å²) in [5, 5.41) is 7.32. The van der Waals surface area contributed by atoms with Crippen molar-refractivity contribution in [3.05, 3.63) is 42.0 Å². The van der Waals surface area contributed by atoms with E-state index in [4.69, 9.17) is 4.74 Å². The summed E-state index contributed by atoms with van der Waals surface area (Å²) in [7, 11) is 0. The number of aryl methyl sites for hydroxylation is 1. The van der Waals surface area contributed by atoms with Gasteiger partial charge in [0.1, 0.15) is 5.75 Å². The zero-order valence-electron chi connectivity index (χ0n) is 13.5. The monoisotopic (exact) mass is 314 g/mol. The van der Waals surface area contributed by atoms with Gasteiger partial charge in [-0.05, 0) is 44.9 Å². The van der Waals surface area contributed by atoms with Crippen molar-refractivity contribution < 1.29 is 9.53 Å². The summed E-state index contributed by atoms with van der Waals surface area (Å²) in [6, 6.07) is 5.67. The third kappa shape index (κ3) is 3.70. The number of nitrogens with zero attached hydrogens (tertiary/aromatic N) is 3. The minimum absolute atomic E-state index is 0.0193. The first-order chi connectivity index (χ1) is 11.1. The van der Waals surface area contributed by atoms with Gasteiger partial charge in [-0.15, -0.1) is 0 Å². The third-order valence-corrected chi connectivity index (χ3v) is 4.17. The number of carbonyl (C=O) groups excluding carboxylic acids is 1. The number of amides is 1. The summed E-state index contributed by atoms with van der Waals surface area (Å²) in [4.78, 5) is 18.5. The van der Waals surface area contributed by atoms with E-state index < -0.39 is 6.10 Å². The van der Waals surface area contributed by atoms with E-state index in [9.17, 15) is 4.79 Å². The number of aromatic amines is 1. The quantitative estimate of drug-likeness (QED) is 0.940. The smallest absolute Gasteiger partial charge is 0.263 e. The van der Waals surface area contributed by atoms with Gasteiger partial charge in [-0.2, -0.15) is 5.10 Å². The van der Waals surface area contributed by atoms with Crippen LogP contribution in [0.1, 0.15) is 37.1 Å². The van der Waals surface area contributed by atoms with Crippen LogP contribution in [0.25, 0.3) is 0 Å². The van der Waals surface area contributed by atoms with Crippen molar-refractivity contribution in [3.8, 4) is 5.75 Å². The molecule has 3 heterocycles. The number of aromatic nitrogens is 3. The summed E-state index contributed by atoms with van der Waals surface area (Å²) in [6.45, 7) is 5.26. The molecular weight excluding hydrogens is 292 g/mol. The van der Waals surface area contributed by atoms with E-state index in [1.807, 2.05) is 17.9 Å². The molecule has 0 unspecified atom stereocenters. The number of hydrogen-bond acceptors (Lipinski definition) is 4. The molecular formula is C17H22N4O2. The predicted molar refractivity (Wildman–Crippen MR) is 86.2 cm³/mol. The van der Waals surface area contributed by atoms with Gasteiger partial charge >= 0.3 is 0 Å². The summed E-state index contributed by atoms with van der Waals surface area (Å²) >= 11 is 0. The normalized spacial score (nSPS) is 19.4. The van der Waals surface area contributed by atoms with Crippen LogP contribution in [0.15, 0.2) is 30.6 Å². The third-order valence-electron chi connectivity index (χ3n) is 4.17. The number of pyridine rings is 1. The highest BCUT2D eigenvalue weighted by Crippen LogP contribution is 2.26. The molecule has 3 rings (SSSR count). The molecule has 0 saturated carbocycles. The SMILES string of the molecule is Cc1cc([C@@H]2CCCN(C(=O)[C@@H](C)Oc3cccnc3)C2)n[nH]1. The number of rotatable bonds is 4. The highest BCUT2D eigenvalue weighted by molar-refractivity contribution is 5.81. The first-order valence-electron chi connectivity index (χ1n) is 8.01. The summed E-state index contributed by atoms with van der Waals surface area (Å²) < 4.78 is 5.70. The molecule has 1 saturated heterocycles. The van der Waals surface area contributed by atoms with Crippen LogP contribution in [-0.2, 0) is 4.79 Å². The van der Waals surface area contributed by atoms with E-state index in [-0.39, 0.29) is 5.91 Å². The number of hydrogen-bond donors (Lipinski definition) is 1. The maximum absolute atomic E-state index is 12.6. The van der Waals surface area contributed by atoms with Crippen LogP contribution in [0.4, 0.5) is 0 Å². The number of carbonyl (C=O) groups is 1. The minimum atomic E-state index is -0.515. The Balaban J connectivity index is 1.62. The molecule has 6 heteroatoms.